The molecule has 1 atom stereocenters. The zero-order chi connectivity index (χ0) is 24.9. The van der Waals surface area contributed by atoms with E-state index in [1.807, 2.05) is 13.0 Å². The smallest absolute Gasteiger partial charge is 0.266 e. The van der Waals surface area contributed by atoms with Crippen molar-refractivity contribution in [3.05, 3.63) is 98.5 Å². The summed E-state index contributed by atoms with van der Waals surface area (Å²) in [6.45, 7) is 2.28. The minimum absolute atomic E-state index is 0.184. The van der Waals surface area contributed by atoms with E-state index in [1.54, 1.807) is 42.5 Å². The molecule has 0 aliphatic carbocycles. The fraction of sp³-hybridized carbons (Fsp3) is 0.192. The van der Waals surface area contributed by atoms with Crippen LogP contribution in [-0.4, -0.2) is 27.3 Å². The van der Waals surface area contributed by atoms with Gasteiger partial charge in [0.15, 0.2) is 5.16 Å². The topological polar surface area (TPSA) is 64.0 Å². The van der Waals surface area contributed by atoms with Crippen molar-refractivity contribution in [2.75, 3.05) is 6.54 Å². The molecule has 0 bridgehead atoms. The second-order valence-corrected chi connectivity index (χ2v) is 9.84. The fourth-order valence-corrected chi connectivity index (χ4v) is 5.20. The molecule has 0 radical (unpaired) electrons. The Kier molecular flexibility index (Phi) is 8.11. The number of carbonyl (C=O) groups excluding carboxylic acids is 1. The maximum atomic E-state index is 14.0. The number of fused-ring (bicyclic) bond motifs is 1. The number of thioether (sulfide) groups is 1. The molecule has 1 amide bonds. The van der Waals surface area contributed by atoms with Crippen molar-refractivity contribution in [2.24, 2.45) is 0 Å². The fourth-order valence-electron chi connectivity index (χ4n) is 3.64. The molecule has 1 aromatic heterocycles. The van der Waals surface area contributed by atoms with Crippen LogP contribution in [0.25, 0.3) is 16.6 Å². The molecular formula is C26H22Cl2FN3O2S. The molecule has 0 aliphatic heterocycles. The lowest BCUT2D eigenvalue weighted by Crippen LogP contribution is -2.34. The molecular weight excluding hydrogens is 508 g/mol. The molecule has 3 aromatic carbocycles. The molecule has 0 aliphatic rings. The Morgan fingerprint density at radius 1 is 1.11 bits per heavy atom. The lowest BCUT2D eigenvalue weighted by molar-refractivity contribution is -0.120. The predicted molar refractivity (Wildman–Crippen MR) is 140 cm³/mol. The third-order valence-corrected chi connectivity index (χ3v) is 7.33. The van der Waals surface area contributed by atoms with E-state index in [0.29, 0.717) is 51.2 Å². The van der Waals surface area contributed by atoms with Gasteiger partial charge in [-0.25, -0.2) is 9.37 Å². The molecule has 1 heterocycles. The van der Waals surface area contributed by atoms with Crippen LogP contribution >= 0.6 is 35.0 Å². The molecule has 35 heavy (non-hydrogen) atoms. The number of rotatable bonds is 8. The van der Waals surface area contributed by atoms with Gasteiger partial charge in [-0.15, -0.1) is 0 Å². The highest BCUT2D eigenvalue weighted by molar-refractivity contribution is 8.00. The van der Waals surface area contributed by atoms with Gasteiger partial charge in [0.1, 0.15) is 5.82 Å². The number of carbonyl (C=O) groups is 1. The number of halogens is 3. The van der Waals surface area contributed by atoms with Gasteiger partial charge in [0, 0.05) is 16.6 Å². The largest absolute Gasteiger partial charge is 0.355 e. The summed E-state index contributed by atoms with van der Waals surface area (Å²) in [6.07, 6.45) is 1.05. The Labute approximate surface area is 216 Å². The summed E-state index contributed by atoms with van der Waals surface area (Å²) in [5.74, 6) is -0.653. The van der Waals surface area contributed by atoms with Gasteiger partial charge in [-0.05, 0) is 60.9 Å². The number of amides is 1. The van der Waals surface area contributed by atoms with Crippen LogP contribution in [0.2, 0.25) is 10.0 Å². The molecule has 1 unspecified atom stereocenters. The number of hydrogen-bond acceptors (Lipinski definition) is 4. The maximum absolute atomic E-state index is 14.0. The lowest BCUT2D eigenvalue weighted by Gasteiger charge is -2.18. The molecule has 1 N–H and O–H groups in total. The summed E-state index contributed by atoms with van der Waals surface area (Å²) in [4.78, 5) is 31.0. The van der Waals surface area contributed by atoms with Crippen molar-refractivity contribution in [2.45, 2.75) is 30.2 Å². The first-order valence-corrected chi connectivity index (χ1v) is 12.7. The van der Waals surface area contributed by atoms with Gasteiger partial charge in [-0.1, -0.05) is 66.2 Å². The number of nitrogens with one attached hydrogen (secondary N) is 1. The predicted octanol–water partition coefficient (Wildman–Crippen LogP) is 6.06. The molecule has 0 fully saturated rings. The number of aromatic nitrogens is 2. The maximum Gasteiger partial charge on any atom is 0.266 e. The Hall–Kier alpha value is -2.87. The van der Waals surface area contributed by atoms with Gasteiger partial charge >= 0.3 is 0 Å². The lowest BCUT2D eigenvalue weighted by atomic mass is 10.1. The summed E-state index contributed by atoms with van der Waals surface area (Å²) in [5.41, 5.74) is 1.42. The van der Waals surface area contributed by atoms with E-state index >= 15 is 0 Å². The second kappa shape index (κ2) is 11.2. The standard InChI is InChI=1S/C26H22Cl2FN3O2S/c1-2-23(24(33)30-13-12-16-10-11-17(27)14-21(16)28)35-26-31-22-9-4-3-8-20(22)25(34)32(26)19-7-5-6-18(29)15-19/h3-11,14-15,23H,2,12-13H2,1H3,(H,30,33). The molecule has 180 valence electrons. The van der Waals surface area contributed by atoms with E-state index in [1.165, 1.54) is 34.5 Å². The van der Waals surface area contributed by atoms with E-state index in [-0.39, 0.29) is 11.5 Å². The highest BCUT2D eigenvalue weighted by atomic mass is 35.5. The van der Waals surface area contributed by atoms with Gasteiger partial charge in [0.2, 0.25) is 5.91 Å². The van der Waals surface area contributed by atoms with Crippen LogP contribution in [0.5, 0.6) is 0 Å². The van der Waals surface area contributed by atoms with E-state index < -0.39 is 11.1 Å². The zero-order valence-electron chi connectivity index (χ0n) is 18.8. The monoisotopic (exact) mass is 529 g/mol. The van der Waals surface area contributed by atoms with Crippen molar-refractivity contribution in [3.63, 3.8) is 0 Å². The summed E-state index contributed by atoms with van der Waals surface area (Å²) in [7, 11) is 0. The van der Waals surface area contributed by atoms with Gasteiger partial charge in [0.05, 0.1) is 21.8 Å². The van der Waals surface area contributed by atoms with Gasteiger partial charge in [-0.2, -0.15) is 0 Å². The van der Waals surface area contributed by atoms with Crippen LogP contribution in [0, 0.1) is 5.82 Å². The Balaban J connectivity index is 1.59. The normalized spacial score (nSPS) is 12.0. The summed E-state index contributed by atoms with van der Waals surface area (Å²) in [6, 6.07) is 18.0. The quantitative estimate of drug-likeness (QED) is 0.222. The average molecular weight is 530 g/mol. The van der Waals surface area contributed by atoms with Crippen molar-refractivity contribution in [1.82, 2.24) is 14.9 Å². The van der Waals surface area contributed by atoms with Crippen LogP contribution in [0.3, 0.4) is 0 Å². The first kappa shape index (κ1) is 25.2. The first-order valence-electron chi connectivity index (χ1n) is 11.0. The molecule has 5 nitrogen and oxygen atoms in total. The molecule has 4 aromatic rings. The van der Waals surface area contributed by atoms with E-state index in [9.17, 15) is 14.0 Å². The van der Waals surface area contributed by atoms with Crippen molar-refractivity contribution in [3.8, 4) is 5.69 Å². The van der Waals surface area contributed by atoms with Crippen LogP contribution in [0.15, 0.2) is 76.7 Å². The highest BCUT2D eigenvalue weighted by Gasteiger charge is 2.22. The van der Waals surface area contributed by atoms with E-state index in [2.05, 4.69) is 10.3 Å². The van der Waals surface area contributed by atoms with Crippen LogP contribution in [0.4, 0.5) is 4.39 Å². The average Bonchev–Trinajstić information content (AvgIpc) is 2.84. The number of hydrogen-bond donors (Lipinski definition) is 1. The van der Waals surface area contributed by atoms with Crippen LogP contribution in [-0.2, 0) is 11.2 Å². The summed E-state index contributed by atoms with van der Waals surface area (Å²) in [5, 5.41) is 4.27. The van der Waals surface area contributed by atoms with Gasteiger partial charge in [-0.3, -0.25) is 14.2 Å². The number of nitrogens with zero attached hydrogens (tertiary/aromatic N) is 2. The van der Waals surface area contributed by atoms with Crippen LogP contribution < -0.4 is 10.9 Å². The second-order valence-electron chi connectivity index (χ2n) is 7.82. The molecule has 0 saturated carbocycles. The minimum atomic E-state index is -0.511. The van der Waals surface area contributed by atoms with Crippen molar-refractivity contribution >= 4 is 51.8 Å². The van der Waals surface area contributed by atoms with Crippen molar-refractivity contribution in [1.29, 1.82) is 0 Å². The summed E-state index contributed by atoms with van der Waals surface area (Å²) < 4.78 is 15.4. The Morgan fingerprint density at radius 2 is 1.91 bits per heavy atom. The Bertz CT molecular complexity index is 1440. The highest BCUT2D eigenvalue weighted by Crippen LogP contribution is 2.27. The zero-order valence-corrected chi connectivity index (χ0v) is 21.1. The minimum Gasteiger partial charge on any atom is -0.355 e. The molecule has 0 saturated heterocycles. The Morgan fingerprint density at radius 3 is 2.66 bits per heavy atom. The first-order chi connectivity index (χ1) is 16.9. The van der Waals surface area contributed by atoms with E-state index in [0.717, 1.165) is 5.56 Å². The van der Waals surface area contributed by atoms with Gasteiger partial charge < -0.3 is 5.32 Å². The van der Waals surface area contributed by atoms with Crippen LogP contribution in [0.1, 0.15) is 18.9 Å². The summed E-state index contributed by atoms with van der Waals surface area (Å²) >= 11 is 13.3. The number of benzene rings is 3. The van der Waals surface area contributed by atoms with Crippen molar-refractivity contribution < 1.29 is 9.18 Å². The van der Waals surface area contributed by atoms with E-state index in [4.69, 9.17) is 23.2 Å². The van der Waals surface area contributed by atoms with Gasteiger partial charge in [0.25, 0.3) is 5.56 Å². The third kappa shape index (κ3) is 5.86. The third-order valence-electron chi connectivity index (χ3n) is 5.43. The molecule has 4 rings (SSSR count). The molecule has 0 spiro atoms. The SMILES string of the molecule is CCC(Sc1nc2ccccc2c(=O)n1-c1cccc(F)c1)C(=O)NCCc1ccc(Cl)cc1Cl. The number of para-hydroxylation sites is 1. The molecule has 9 heteroatoms.